The van der Waals surface area contributed by atoms with Crippen LogP contribution >= 0.6 is 0 Å². The molecule has 10 heteroatoms. The quantitative estimate of drug-likeness (QED) is 0.580. The highest BCUT2D eigenvalue weighted by Gasteiger charge is 2.37. The van der Waals surface area contributed by atoms with Crippen molar-refractivity contribution >= 4 is 11.7 Å². The number of halogens is 3. The molecule has 1 amide bonds. The van der Waals surface area contributed by atoms with Crippen molar-refractivity contribution in [2.45, 2.75) is 39.0 Å². The maximum absolute atomic E-state index is 13.8. The highest BCUT2D eigenvalue weighted by molar-refractivity contribution is 5.66. The Hall–Kier alpha value is -3.30. The largest absolute Gasteiger partial charge is 0.489 e. The van der Waals surface area contributed by atoms with Crippen LogP contribution in [0.25, 0.3) is 16.9 Å². The molecule has 7 nitrogen and oxygen atoms in total. The zero-order chi connectivity index (χ0) is 22.8. The molecular weight excluding hydrogens is 413 g/mol. The first-order chi connectivity index (χ1) is 14.5. The van der Waals surface area contributed by atoms with E-state index in [9.17, 15) is 18.0 Å². The second-order valence-corrected chi connectivity index (χ2v) is 7.90. The number of carbonyl (C=O) groups excluding carboxylic acids is 1. The van der Waals surface area contributed by atoms with E-state index in [1.807, 2.05) is 13.8 Å². The molecule has 0 aliphatic rings. The maximum atomic E-state index is 13.8. The van der Waals surface area contributed by atoms with Crippen molar-refractivity contribution in [2.75, 3.05) is 6.61 Å². The summed E-state index contributed by atoms with van der Waals surface area (Å²) in [6.07, 6.45) is -2.30. The molecule has 1 atom stereocenters. The lowest BCUT2D eigenvalue weighted by Crippen LogP contribution is -2.41. The van der Waals surface area contributed by atoms with Gasteiger partial charge in [-0.3, -0.25) is 0 Å². The summed E-state index contributed by atoms with van der Waals surface area (Å²) < 4.78 is 53.6. The summed E-state index contributed by atoms with van der Waals surface area (Å²) >= 11 is 0. The number of aromatic nitrogens is 3. The van der Waals surface area contributed by atoms with Gasteiger partial charge in [0.1, 0.15) is 18.0 Å². The molecule has 0 radical (unpaired) electrons. The Balaban J connectivity index is 1.96. The number of primary amides is 1. The van der Waals surface area contributed by atoms with Crippen LogP contribution in [0.5, 0.6) is 5.75 Å². The minimum absolute atomic E-state index is 0.0978. The third-order valence-corrected chi connectivity index (χ3v) is 4.59. The molecule has 0 aliphatic heterocycles. The first-order valence-corrected chi connectivity index (χ1v) is 9.60. The minimum Gasteiger partial charge on any atom is -0.489 e. The first kappa shape index (κ1) is 22.4. The van der Waals surface area contributed by atoms with E-state index >= 15 is 0 Å². The van der Waals surface area contributed by atoms with Crippen LogP contribution in [0.4, 0.5) is 18.0 Å². The van der Waals surface area contributed by atoms with E-state index in [4.69, 9.17) is 15.2 Å². The van der Waals surface area contributed by atoms with E-state index < -0.39 is 23.4 Å². The molecule has 1 aromatic carbocycles. The van der Waals surface area contributed by atoms with Gasteiger partial charge in [-0.15, -0.1) is 0 Å². The van der Waals surface area contributed by atoms with E-state index in [-0.39, 0.29) is 18.3 Å². The Morgan fingerprint density at radius 1 is 1.19 bits per heavy atom. The molecule has 31 heavy (non-hydrogen) atoms. The highest BCUT2D eigenvalue weighted by atomic mass is 19.4. The van der Waals surface area contributed by atoms with Crippen molar-refractivity contribution in [1.29, 1.82) is 0 Å². The fourth-order valence-corrected chi connectivity index (χ4v) is 3.56. The third-order valence-electron chi connectivity index (χ3n) is 4.59. The number of amides is 1. The Morgan fingerprint density at radius 3 is 2.58 bits per heavy atom. The van der Waals surface area contributed by atoms with Crippen LogP contribution in [-0.2, 0) is 10.9 Å². The summed E-state index contributed by atoms with van der Waals surface area (Å²) in [5.41, 5.74) is 4.28. The Kier molecular flexibility index (Phi) is 6.10. The predicted octanol–water partition coefficient (Wildman–Crippen LogP) is 4.69. The fraction of sp³-hybridized carbons (Fsp3) is 0.381. The molecule has 0 bridgehead atoms. The lowest BCUT2D eigenvalue weighted by Gasteiger charge is -2.30. The van der Waals surface area contributed by atoms with Crippen LogP contribution in [0.1, 0.15) is 32.8 Å². The molecule has 3 aromatic rings. The second kappa shape index (κ2) is 8.44. The molecule has 0 aliphatic carbocycles. The number of benzene rings is 1. The van der Waals surface area contributed by atoms with Crippen molar-refractivity contribution < 1.29 is 27.4 Å². The third kappa shape index (κ3) is 5.25. The number of ether oxygens (including phenoxy) is 2. The smallest absolute Gasteiger partial charge is 0.419 e. The van der Waals surface area contributed by atoms with Gasteiger partial charge in [-0.05, 0) is 43.5 Å². The predicted molar refractivity (Wildman–Crippen MR) is 107 cm³/mol. The number of carbonyl (C=O) groups is 1. The van der Waals surface area contributed by atoms with E-state index in [1.165, 1.54) is 29.0 Å². The summed E-state index contributed by atoms with van der Waals surface area (Å²) in [5, 5.41) is 4.11. The van der Waals surface area contributed by atoms with Gasteiger partial charge < -0.3 is 15.2 Å². The fourth-order valence-electron chi connectivity index (χ4n) is 3.56. The Bertz CT molecular complexity index is 1080. The summed E-state index contributed by atoms with van der Waals surface area (Å²) in [4.78, 5) is 15.4. The highest BCUT2D eigenvalue weighted by Crippen LogP contribution is 2.39. The van der Waals surface area contributed by atoms with Crippen LogP contribution in [0.2, 0.25) is 0 Å². The summed E-state index contributed by atoms with van der Waals surface area (Å²) in [6, 6.07) is 6.99. The van der Waals surface area contributed by atoms with Gasteiger partial charge in [0, 0.05) is 17.8 Å². The van der Waals surface area contributed by atoms with Crippen LogP contribution < -0.4 is 10.5 Å². The number of hydrogen-bond donors (Lipinski definition) is 1. The summed E-state index contributed by atoms with van der Waals surface area (Å²) in [6.45, 7) is 5.08. The van der Waals surface area contributed by atoms with Gasteiger partial charge in [-0.2, -0.15) is 18.3 Å². The molecule has 0 saturated heterocycles. The molecule has 0 fully saturated rings. The maximum Gasteiger partial charge on any atom is 0.419 e. The number of hydrogen-bond acceptors (Lipinski definition) is 5. The van der Waals surface area contributed by atoms with E-state index in [2.05, 4.69) is 10.1 Å². The summed E-state index contributed by atoms with van der Waals surface area (Å²) in [5.74, 6) is -0.273. The normalized spacial score (nSPS) is 13.9. The zero-order valence-electron chi connectivity index (χ0n) is 17.3. The van der Waals surface area contributed by atoms with Gasteiger partial charge >= 0.3 is 12.3 Å². The van der Waals surface area contributed by atoms with Crippen molar-refractivity contribution in [3.63, 3.8) is 0 Å². The molecule has 0 saturated carbocycles. The van der Waals surface area contributed by atoms with Crippen LogP contribution in [-0.4, -0.2) is 32.9 Å². The average Bonchev–Trinajstić information content (AvgIpc) is 3.13. The van der Waals surface area contributed by atoms with Crippen molar-refractivity contribution in [2.24, 2.45) is 11.7 Å². The topological polar surface area (TPSA) is 91.7 Å². The SMILES string of the molecule is CC(C)C[C@@](C)(COc1ccc(-c2ccnc3ccnn23)cc1C(F)(F)F)OC(N)=O. The van der Waals surface area contributed by atoms with Gasteiger partial charge in [0.25, 0.3) is 0 Å². The van der Waals surface area contributed by atoms with Gasteiger partial charge in [0.2, 0.25) is 0 Å². The molecule has 3 rings (SSSR count). The molecule has 0 unspecified atom stereocenters. The van der Waals surface area contributed by atoms with Crippen molar-refractivity contribution in [3.8, 4) is 17.0 Å². The average molecular weight is 436 g/mol. The van der Waals surface area contributed by atoms with E-state index in [0.717, 1.165) is 6.07 Å². The molecule has 2 aromatic heterocycles. The van der Waals surface area contributed by atoms with Gasteiger partial charge in [-0.25, -0.2) is 14.3 Å². The van der Waals surface area contributed by atoms with E-state index in [1.54, 1.807) is 19.1 Å². The second-order valence-electron chi connectivity index (χ2n) is 7.90. The molecule has 2 heterocycles. The number of nitrogens with zero attached hydrogens (tertiary/aromatic N) is 3. The summed E-state index contributed by atoms with van der Waals surface area (Å²) in [7, 11) is 0. The number of fused-ring (bicyclic) bond motifs is 1. The zero-order valence-corrected chi connectivity index (χ0v) is 17.3. The Labute approximate surface area is 177 Å². The van der Waals surface area contributed by atoms with E-state index in [0.29, 0.717) is 23.3 Å². The minimum atomic E-state index is -4.67. The van der Waals surface area contributed by atoms with Crippen LogP contribution in [0.15, 0.2) is 42.7 Å². The molecular formula is C21H23F3N4O3. The molecule has 2 N–H and O–H groups in total. The van der Waals surface area contributed by atoms with Gasteiger partial charge in [-0.1, -0.05) is 13.8 Å². The number of nitrogens with two attached hydrogens (primary N) is 1. The van der Waals surface area contributed by atoms with Crippen molar-refractivity contribution in [3.05, 3.63) is 48.3 Å². The molecule has 166 valence electrons. The van der Waals surface area contributed by atoms with Crippen LogP contribution in [0.3, 0.4) is 0 Å². The Morgan fingerprint density at radius 2 is 1.94 bits per heavy atom. The molecule has 0 spiro atoms. The lowest BCUT2D eigenvalue weighted by atomic mass is 9.95. The standard InChI is InChI=1S/C21H23F3N4O3/c1-13(2)11-20(3,31-19(25)29)12-30-17-5-4-14(10-15(17)21(22,23)24)16-6-8-26-18-7-9-27-28(16)18/h4-10,13H,11-12H2,1-3H3,(H2,25,29)/t20-/m0/s1. The van der Waals surface area contributed by atoms with Crippen molar-refractivity contribution in [1.82, 2.24) is 14.6 Å². The van der Waals surface area contributed by atoms with Crippen LogP contribution in [0, 0.1) is 5.92 Å². The van der Waals surface area contributed by atoms with Gasteiger partial charge in [0.05, 0.1) is 17.5 Å². The lowest BCUT2D eigenvalue weighted by molar-refractivity contribution is -0.139. The number of alkyl halides is 3. The van der Waals surface area contributed by atoms with Gasteiger partial charge in [0.15, 0.2) is 5.65 Å². The number of rotatable bonds is 7. The monoisotopic (exact) mass is 436 g/mol. The first-order valence-electron chi connectivity index (χ1n) is 9.60.